The molecule has 3 aromatic heterocycles. The molecule has 0 fully saturated rings. The number of hydrogen-bond donors (Lipinski definition) is 0. The second-order valence-corrected chi connectivity index (χ2v) is 14.1. The van der Waals surface area contributed by atoms with Crippen molar-refractivity contribution in [3.63, 3.8) is 0 Å². The lowest BCUT2D eigenvalue weighted by Gasteiger charge is -2.12. The van der Waals surface area contributed by atoms with E-state index in [4.69, 9.17) is 0 Å². The molecule has 0 atom stereocenters. The summed E-state index contributed by atoms with van der Waals surface area (Å²) < 4.78 is 5.09. The third kappa shape index (κ3) is 3.68. The lowest BCUT2D eigenvalue weighted by molar-refractivity contribution is 1.18. The van der Waals surface area contributed by atoms with Crippen molar-refractivity contribution >= 4 is 81.4 Å². The zero-order valence-corrected chi connectivity index (χ0v) is 28.2. The zero-order chi connectivity index (χ0) is 33.9. The molecule has 2 heteroatoms. The Balaban J connectivity index is 1.19. The fraction of sp³-hybridized carbons (Fsp3) is 0. The summed E-state index contributed by atoms with van der Waals surface area (Å²) in [6, 6.07) is 67.0. The van der Waals surface area contributed by atoms with Gasteiger partial charge in [-0.05, 0) is 74.1 Å². The molecule has 0 unspecified atom stereocenters. The predicted octanol–water partition coefficient (Wildman–Crippen LogP) is 13.6. The maximum Gasteiger partial charge on any atom is 0.0795 e. The second kappa shape index (κ2) is 10.3. The Bertz CT molecular complexity index is 3360. The molecule has 3 heterocycles. The highest BCUT2D eigenvalue weighted by molar-refractivity contribution is 6.39. The van der Waals surface area contributed by atoms with Gasteiger partial charge < -0.3 is 8.97 Å². The molecular formula is C50H30N2. The summed E-state index contributed by atoms with van der Waals surface area (Å²) in [4.78, 5) is 0. The van der Waals surface area contributed by atoms with Crippen molar-refractivity contribution in [3.05, 3.63) is 182 Å². The Labute approximate surface area is 299 Å². The fourth-order valence-electron chi connectivity index (χ4n) is 9.13. The fourth-order valence-corrected chi connectivity index (χ4v) is 9.13. The SMILES string of the molecule is c1ccc(-c2ccc(-c3ccc(-n4c5ccccc5c5c6ccccc6c6c7cccc8c9cc%10ccccc%10cc9n(c87)c6c54)cc3)cc2)cc1. The van der Waals surface area contributed by atoms with E-state index >= 15 is 0 Å². The standard InChI is InChI=1S/C50H30N2/c1-2-11-31(12-3-1)32-21-23-33(24-22-32)34-25-27-37(28-26-34)51-44-20-9-8-17-41(44)46-38-15-6-7-16-39(38)47-42-19-10-18-40-43-29-35-13-4-5-14-36(35)30-45(43)52(48(40)42)50(47)49(46)51/h1-30H. The molecule has 52 heavy (non-hydrogen) atoms. The van der Waals surface area contributed by atoms with Crippen molar-refractivity contribution < 1.29 is 0 Å². The minimum absolute atomic E-state index is 1.16. The summed E-state index contributed by atoms with van der Waals surface area (Å²) in [5, 5.41) is 12.9. The van der Waals surface area contributed by atoms with E-state index in [2.05, 4.69) is 191 Å². The van der Waals surface area contributed by atoms with Gasteiger partial charge in [0.1, 0.15) is 0 Å². The van der Waals surface area contributed by atoms with E-state index in [0.29, 0.717) is 0 Å². The quantitative estimate of drug-likeness (QED) is 0.179. The van der Waals surface area contributed by atoms with Gasteiger partial charge in [-0.15, -0.1) is 0 Å². The molecule has 0 aliphatic carbocycles. The van der Waals surface area contributed by atoms with Crippen LogP contribution in [0.4, 0.5) is 0 Å². The van der Waals surface area contributed by atoms with Crippen molar-refractivity contribution in [1.82, 2.24) is 8.97 Å². The number of para-hydroxylation sites is 2. The van der Waals surface area contributed by atoms with Crippen LogP contribution in [0.5, 0.6) is 0 Å². The summed E-state index contributed by atoms with van der Waals surface area (Å²) >= 11 is 0. The van der Waals surface area contributed by atoms with Gasteiger partial charge in [-0.25, -0.2) is 0 Å². The van der Waals surface area contributed by atoms with Gasteiger partial charge in [-0.3, -0.25) is 0 Å². The third-order valence-electron chi connectivity index (χ3n) is 11.4. The van der Waals surface area contributed by atoms with Crippen molar-refractivity contribution in [3.8, 4) is 27.9 Å². The van der Waals surface area contributed by atoms with Gasteiger partial charge in [0, 0.05) is 38.0 Å². The molecule has 0 radical (unpaired) electrons. The molecule has 0 aliphatic heterocycles. The number of rotatable bonds is 3. The first-order chi connectivity index (χ1) is 25.8. The highest BCUT2D eigenvalue weighted by Gasteiger charge is 2.26. The number of nitrogens with zero attached hydrogens (tertiary/aromatic N) is 2. The van der Waals surface area contributed by atoms with Crippen molar-refractivity contribution in [2.75, 3.05) is 0 Å². The molecule has 0 saturated carbocycles. The molecular weight excluding hydrogens is 629 g/mol. The van der Waals surface area contributed by atoms with E-state index in [1.165, 1.54) is 104 Å². The normalized spacial score (nSPS) is 12.2. The maximum absolute atomic E-state index is 2.58. The van der Waals surface area contributed by atoms with Gasteiger partial charge in [0.2, 0.25) is 0 Å². The Morgan fingerprint density at radius 3 is 1.52 bits per heavy atom. The Morgan fingerprint density at radius 1 is 0.288 bits per heavy atom. The Hall–Kier alpha value is -6.90. The molecule has 0 saturated heterocycles. The predicted molar refractivity (Wildman–Crippen MR) is 221 cm³/mol. The van der Waals surface area contributed by atoms with Crippen LogP contribution >= 0.6 is 0 Å². The van der Waals surface area contributed by atoms with Crippen LogP contribution in [0.25, 0.3) is 109 Å². The van der Waals surface area contributed by atoms with Gasteiger partial charge in [-0.1, -0.05) is 152 Å². The van der Waals surface area contributed by atoms with Crippen LogP contribution in [-0.4, -0.2) is 8.97 Å². The summed E-state index contributed by atoms with van der Waals surface area (Å²) in [6.45, 7) is 0. The van der Waals surface area contributed by atoms with Gasteiger partial charge >= 0.3 is 0 Å². The summed E-state index contributed by atoms with van der Waals surface area (Å²) in [6.07, 6.45) is 0. The highest BCUT2D eigenvalue weighted by Crippen LogP contribution is 2.48. The van der Waals surface area contributed by atoms with Crippen LogP contribution in [0.2, 0.25) is 0 Å². The molecule has 12 aromatic rings. The first-order valence-electron chi connectivity index (χ1n) is 18.0. The molecule has 0 bridgehead atoms. The Kier molecular flexibility index (Phi) is 5.53. The first-order valence-corrected chi connectivity index (χ1v) is 18.0. The molecule has 0 amide bonds. The van der Waals surface area contributed by atoms with Gasteiger partial charge in [-0.2, -0.15) is 0 Å². The largest absolute Gasteiger partial charge is 0.307 e. The first kappa shape index (κ1) is 27.9. The number of benzene rings is 9. The number of aromatic nitrogens is 2. The van der Waals surface area contributed by atoms with E-state index < -0.39 is 0 Å². The highest BCUT2D eigenvalue weighted by atomic mass is 15.0. The molecule has 0 spiro atoms. The van der Waals surface area contributed by atoms with Crippen LogP contribution in [0.3, 0.4) is 0 Å². The molecule has 2 nitrogen and oxygen atoms in total. The van der Waals surface area contributed by atoms with E-state index in [9.17, 15) is 0 Å². The van der Waals surface area contributed by atoms with Crippen molar-refractivity contribution in [2.45, 2.75) is 0 Å². The van der Waals surface area contributed by atoms with E-state index in [-0.39, 0.29) is 0 Å². The topological polar surface area (TPSA) is 9.34 Å². The van der Waals surface area contributed by atoms with Crippen LogP contribution < -0.4 is 0 Å². The molecule has 240 valence electrons. The minimum atomic E-state index is 1.16. The monoisotopic (exact) mass is 658 g/mol. The lowest BCUT2D eigenvalue weighted by Crippen LogP contribution is -1.96. The molecule has 0 aliphatic rings. The lowest BCUT2D eigenvalue weighted by atomic mass is 9.97. The molecule has 12 rings (SSSR count). The van der Waals surface area contributed by atoms with Gasteiger partial charge in [0.15, 0.2) is 0 Å². The van der Waals surface area contributed by atoms with E-state index in [0.717, 1.165) is 5.69 Å². The third-order valence-corrected chi connectivity index (χ3v) is 11.4. The van der Waals surface area contributed by atoms with E-state index in [1.807, 2.05) is 0 Å². The van der Waals surface area contributed by atoms with Gasteiger partial charge in [0.05, 0.1) is 27.6 Å². The molecule has 9 aromatic carbocycles. The zero-order valence-electron chi connectivity index (χ0n) is 28.2. The van der Waals surface area contributed by atoms with E-state index in [1.54, 1.807) is 0 Å². The second-order valence-electron chi connectivity index (χ2n) is 14.1. The minimum Gasteiger partial charge on any atom is -0.307 e. The van der Waals surface area contributed by atoms with Crippen molar-refractivity contribution in [1.29, 1.82) is 0 Å². The molecule has 0 N–H and O–H groups in total. The summed E-state index contributed by atoms with van der Waals surface area (Å²) in [5.41, 5.74) is 12.3. The van der Waals surface area contributed by atoms with Gasteiger partial charge in [0.25, 0.3) is 0 Å². The summed E-state index contributed by atoms with van der Waals surface area (Å²) in [7, 11) is 0. The average Bonchev–Trinajstić information content (AvgIpc) is 3.86. The van der Waals surface area contributed by atoms with Crippen LogP contribution in [0, 0.1) is 0 Å². The van der Waals surface area contributed by atoms with Crippen LogP contribution in [0.15, 0.2) is 182 Å². The number of hydrogen-bond acceptors (Lipinski definition) is 0. The maximum atomic E-state index is 2.58. The van der Waals surface area contributed by atoms with Crippen molar-refractivity contribution in [2.24, 2.45) is 0 Å². The average molecular weight is 659 g/mol. The Morgan fingerprint density at radius 2 is 0.808 bits per heavy atom. The number of fused-ring (bicyclic) bond motifs is 14. The smallest absolute Gasteiger partial charge is 0.0795 e. The summed E-state index contributed by atoms with van der Waals surface area (Å²) in [5.74, 6) is 0. The van der Waals surface area contributed by atoms with Crippen LogP contribution in [0.1, 0.15) is 0 Å². The van der Waals surface area contributed by atoms with Crippen LogP contribution in [-0.2, 0) is 0 Å².